The number of imidazole rings is 1. The Bertz CT molecular complexity index is 866. The summed E-state index contributed by atoms with van der Waals surface area (Å²) in [5.74, 6) is 0.398. The molecule has 2 aromatic rings. The molecule has 0 unspecified atom stereocenters. The van der Waals surface area contributed by atoms with Gasteiger partial charge in [0.2, 0.25) is 0 Å². The van der Waals surface area contributed by atoms with Gasteiger partial charge in [-0.05, 0) is 54.6 Å². The van der Waals surface area contributed by atoms with Crippen molar-refractivity contribution in [2.75, 3.05) is 11.9 Å². The Kier molecular flexibility index (Phi) is 4.67. The van der Waals surface area contributed by atoms with Gasteiger partial charge in [0.1, 0.15) is 15.1 Å². The number of aliphatic imine (C=N–C) groups is 1. The van der Waals surface area contributed by atoms with E-state index < -0.39 is 17.4 Å². The van der Waals surface area contributed by atoms with Gasteiger partial charge in [-0.2, -0.15) is 0 Å². The maximum absolute atomic E-state index is 14.5. The summed E-state index contributed by atoms with van der Waals surface area (Å²) in [7, 11) is 0. The number of amidine groups is 1. The Morgan fingerprint density at radius 1 is 1.56 bits per heavy atom. The largest absolute Gasteiger partial charge is 0.450 e. The molecular weight excluding hydrogens is 440 g/mol. The Morgan fingerprint density at radius 2 is 2.32 bits per heavy atom. The molecule has 1 aromatic carbocycles. The number of nitrogens with two attached hydrogens (primary N) is 1. The number of carbonyl (C=O) groups is 1. The third-order valence-electron chi connectivity index (χ3n) is 3.89. The third-order valence-corrected chi connectivity index (χ3v) is 4.41. The minimum absolute atomic E-state index is 0.250. The Labute approximate surface area is 157 Å². The zero-order valence-corrected chi connectivity index (χ0v) is 15.9. The molecule has 1 aliphatic heterocycles. The zero-order valence-electron chi connectivity index (χ0n) is 13.7. The number of carbonyl (C=O) groups excluding carboxylic acids is 1. The number of nitrogens with one attached hydrogen (secondary N) is 1. The van der Waals surface area contributed by atoms with Crippen molar-refractivity contribution < 1.29 is 13.9 Å². The molecule has 132 valence electrons. The number of amides is 1. The van der Waals surface area contributed by atoms with Crippen molar-refractivity contribution in [2.24, 2.45) is 10.7 Å². The summed E-state index contributed by atoms with van der Waals surface area (Å²) in [4.78, 5) is 20.4. The molecule has 1 aliphatic rings. The van der Waals surface area contributed by atoms with Crippen LogP contribution >= 0.6 is 22.6 Å². The average Bonchev–Trinajstić information content (AvgIpc) is 2.90. The van der Waals surface area contributed by atoms with Crippen LogP contribution in [0.15, 0.2) is 29.4 Å². The molecule has 2 heterocycles. The minimum atomic E-state index is -0.919. The highest BCUT2D eigenvalue weighted by atomic mass is 127. The topological polar surface area (TPSA) is 94.5 Å². The number of ether oxygens (including phenoxy) is 1. The number of anilines is 1. The SMILES string of the molecule is CCOC(=O)Nc1ccc(F)c([C@]2(C)Cn3cc(I)nc3C(N)=N2)c1. The van der Waals surface area contributed by atoms with Gasteiger partial charge in [-0.3, -0.25) is 10.3 Å². The molecule has 1 amide bonds. The normalized spacial score (nSPS) is 19.1. The summed E-state index contributed by atoms with van der Waals surface area (Å²) < 4.78 is 22.0. The second-order valence-electron chi connectivity index (χ2n) is 5.83. The smallest absolute Gasteiger partial charge is 0.411 e. The fourth-order valence-electron chi connectivity index (χ4n) is 2.84. The third kappa shape index (κ3) is 3.46. The van der Waals surface area contributed by atoms with Crippen molar-refractivity contribution in [1.82, 2.24) is 9.55 Å². The van der Waals surface area contributed by atoms with E-state index in [-0.39, 0.29) is 12.4 Å². The molecule has 3 rings (SSSR count). The standard InChI is InChI=1S/C16H17FIN5O2/c1-3-25-15(24)20-9-4-5-11(17)10(6-9)16(2)8-23-7-12(18)21-14(23)13(19)22-16/h4-7H,3,8H2,1-2H3,(H2,19,22)(H,20,24)/t16-/m0/s1. The van der Waals surface area contributed by atoms with Crippen LogP contribution < -0.4 is 11.1 Å². The van der Waals surface area contributed by atoms with Crippen molar-refractivity contribution in [2.45, 2.75) is 25.9 Å². The second-order valence-corrected chi connectivity index (χ2v) is 6.93. The lowest BCUT2D eigenvalue weighted by atomic mass is 9.90. The molecule has 0 saturated heterocycles. The van der Waals surface area contributed by atoms with Gasteiger partial charge in [-0.1, -0.05) is 0 Å². The van der Waals surface area contributed by atoms with Crippen LogP contribution in [0.25, 0.3) is 0 Å². The lowest BCUT2D eigenvalue weighted by Gasteiger charge is -2.31. The van der Waals surface area contributed by atoms with Gasteiger partial charge in [0.25, 0.3) is 0 Å². The number of benzene rings is 1. The van der Waals surface area contributed by atoms with E-state index in [9.17, 15) is 9.18 Å². The Hall–Kier alpha value is -2.17. The number of hydrogen-bond donors (Lipinski definition) is 2. The van der Waals surface area contributed by atoms with Crippen molar-refractivity contribution in [1.29, 1.82) is 0 Å². The van der Waals surface area contributed by atoms with Gasteiger partial charge in [0.05, 0.1) is 13.2 Å². The molecule has 0 radical (unpaired) electrons. The first-order valence-corrected chi connectivity index (χ1v) is 8.72. The highest BCUT2D eigenvalue weighted by Gasteiger charge is 2.35. The van der Waals surface area contributed by atoms with Crippen LogP contribution in [-0.2, 0) is 16.8 Å². The van der Waals surface area contributed by atoms with Gasteiger partial charge >= 0.3 is 6.09 Å². The van der Waals surface area contributed by atoms with E-state index in [1.807, 2.05) is 10.8 Å². The van der Waals surface area contributed by atoms with Gasteiger partial charge < -0.3 is 15.0 Å². The first kappa shape index (κ1) is 17.6. The summed E-state index contributed by atoms with van der Waals surface area (Å²) in [5, 5.41) is 2.57. The van der Waals surface area contributed by atoms with E-state index in [1.54, 1.807) is 19.9 Å². The maximum atomic E-state index is 14.5. The number of nitrogens with zero attached hydrogens (tertiary/aromatic N) is 3. The Morgan fingerprint density at radius 3 is 3.04 bits per heavy atom. The van der Waals surface area contributed by atoms with Crippen LogP contribution in [-0.4, -0.2) is 28.1 Å². The summed E-state index contributed by atoms with van der Waals surface area (Å²) in [6, 6.07) is 4.32. The van der Waals surface area contributed by atoms with Crippen LogP contribution in [0.1, 0.15) is 25.2 Å². The molecule has 0 saturated carbocycles. The predicted molar refractivity (Wildman–Crippen MR) is 100 cm³/mol. The Balaban J connectivity index is 1.98. The number of fused-ring (bicyclic) bond motifs is 1. The summed E-state index contributed by atoms with van der Waals surface area (Å²) in [6.07, 6.45) is 1.25. The molecule has 0 fully saturated rings. The quantitative estimate of drug-likeness (QED) is 0.694. The van der Waals surface area contributed by atoms with Gasteiger partial charge in [-0.15, -0.1) is 0 Å². The van der Waals surface area contributed by atoms with E-state index in [4.69, 9.17) is 10.5 Å². The van der Waals surface area contributed by atoms with Crippen molar-refractivity contribution in [3.05, 3.63) is 45.3 Å². The monoisotopic (exact) mass is 457 g/mol. The first-order valence-electron chi connectivity index (χ1n) is 7.64. The highest BCUT2D eigenvalue weighted by molar-refractivity contribution is 14.1. The fraction of sp³-hybridized carbons (Fsp3) is 0.312. The lowest BCUT2D eigenvalue weighted by molar-refractivity contribution is 0.168. The molecule has 1 aromatic heterocycles. The predicted octanol–water partition coefficient (Wildman–Crippen LogP) is 2.83. The molecule has 0 bridgehead atoms. The molecular formula is C16H17FIN5O2. The van der Waals surface area contributed by atoms with Crippen LogP contribution in [0.3, 0.4) is 0 Å². The molecule has 9 heteroatoms. The van der Waals surface area contributed by atoms with Crippen molar-refractivity contribution in [3.8, 4) is 0 Å². The number of aromatic nitrogens is 2. The maximum Gasteiger partial charge on any atom is 0.411 e. The lowest BCUT2D eigenvalue weighted by Crippen LogP contribution is -2.37. The van der Waals surface area contributed by atoms with Crippen LogP contribution in [0, 0.1) is 9.52 Å². The summed E-state index contributed by atoms with van der Waals surface area (Å²) >= 11 is 2.09. The highest BCUT2D eigenvalue weighted by Crippen LogP contribution is 2.34. The average molecular weight is 457 g/mol. The van der Waals surface area contributed by atoms with E-state index >= 15 is 0 Å². The van der Waals surface area contributed by atoms with Crippen LogP contribution in [0.2, 0.25) is 0 Å². The number of halogens is 2. The van der Waals surface area contributed by atoms with Crippen molar-refractivity contribution >= 4 is 40.2 Å². The minimum Gasteiger partial charge on any atom is -0.450 e. The van der Waals surface area contributed by atoms with Crippen LogP contribution in [0.4, 0.5) is 14.9 Å². The molecule has 7 nitrogen and oxygen atoms in total. The molecule has 0 aliphatic carbocycles. The van der Waals surface area contributed by atoms with E-state index in [0.717, 1.165) is 3.70 Å². The number of rotatable bonds is 3. The van der Waals surface area contributed by atoms with Gasteiger partial charge in [0, 0.05) is 17.4 Å². The first-order chi connectivity index (χ1) is 11.8. The van der Waals surface area contributed by atoms with E-state index in [1.165, 1.54) is 12.1 Å². The van der Waals surface area contributed by atoms with Gasteiger partial charge in [0.15, 0.2) is 11.7 Å². The molecule has 0 spiro atoms. The molecule has 1 atom stereocenters. The summed E-state index contributed by atoms with van der Waals surface area (Å²) in [6.45, 7) is 4.14. The van der Waals surface area contributed by atoms with Gasteiger partial charge in [-0.25, -0.2) is 14.2 Å². The number of hydrogen-bond acceptors (Lipinski definition) is 5. The molecule has 25 heavy (non-hydrogen) atoms. The zero-order chi connectivity index (χ0) is 18.2. The van der Waals surface area contributed by atoms with E-state index in [2.05, 4.69) is 37.9 Å². The summed E-state index contributed by atoms with van der Waals surface area (Å²) in [5.41, 5.74) is 5.87. The van der Waals surface area contributed by atoms with Crippen LogP contribution in [0.5, 0.6) is 0 Å². The van der Waals surface area contributed by atoms with Crippen molar-refractivity contribution in [3.63, 3.8) is 0 Å². The second kappa shape index (κ2) is 6.62. The molecule has 3 N–H and O–H groups in total. The fourth-order valence-corrected chi connectivity index (χ4v) is 3.40. The van der Waals surface area contributed by atoms with E-state index in [0.29, 0.717) is 23.6 Å².